The van der Waals surface area contributed by atoms with Crippen LogP contribution in [0.1, 0.15) is 69.5 Å². The fraction of sp³-hybridized carbons (Fsp3) is 0.867. The molecule has 3 fully saturated rings. The first-order valence-electron chi connectivity index (χ1n) is 7.80. The summed E-state index contributed by atoms with van der Waals surface area (Å²) in [4.78, 5) is 4.68. The number of fused-ring (bicyclic) bond motifs is 1. The third-order valence-corrected chi connectivity index (χ3v) is 5.61. The third-order valence-electron chi connectivity index (χ3n) is 5.61. The molecule has 0 aliphatic heterocycles. The molecule has 0 radical (unpaired) electrons. The Labute approximate surface area is 114 Å². The SMILES string of the molecule is CC1CCCC(N)(c2noc(C3C4CCCC43)n2)C1. The van der Waals surface area contributed by atoms with Gasteiger partial charge in [-0.2, -0.15) is 4.98 Å². The van der Waals surface area contributed by atoms with E-state index < -0.39 is 0 Å². The Bertz CT molecular complexity index is 475. The normalized spacial score (nSPS) is 45.2. The number of nitrogens with two attached hydrogens (primary N) is 1. The molecule has 4 nitrogen and oxygen atoms in total. The van der Waals surface area contributed by atoms with Gasteiger partial charge in [-0.15, -0.1) is 0 Å². The van der Waals surface area contributed by atoms with E-state index in [9.17, 15) is 0 Å². The number of rotatable bonds is 2. The van der Waals surface area contributed by atoms with E-state index in [0.717, 1.165) is 36.4 Å². The molecular weight excluding hydrogens is 238 g/mol. The Morgan fingerprint density at radius 1 is 1.21 bits per heavy atom. The molecule has 4 rings (SSSR count). The molecule has 1 aromatic heterocycles. The average molecular weight is 261 g/mol. The van der Waals surface area contributed by atoms with Gasteiger partial charge in [0.05, 0.1) is 5.54 Å². The summed E-state index contributed by atoms with van der Waals surface area (Å²) in [6.07, 6.45) is 8.50. The minimum absolute atomic E-state index is 0.344. The highest BCUT2D eigenvalue weighted by molar-refractivity contribution is 5.17. The van der Waals surface area contributed by atoms with Crippen molar-refractivity contribution in [3.8, 4) is 0 Å². The predicted molar refractivity (Wildman–Crippen MR) is 71.4 cm³/mol. The van der Waals surface area contributed by atoms with Crippen LogP contribution in [0.25, 0.3) is 0 Å². The van der Waals surface area contributed by atoms with E-state index in [1.54, 1.807) is 0 Å². The highest BCUT2D eigenvalue weighted by Gasteiger charge is 2.56. The quantitative estimate of drug-likeness (QED) is 0.889. The molecular formula is C15H23N3O. The third kappa shape index (κ3) is 1.83. The van der Waals surface area contributed by atoms with Crippen molar-refractivity contribution in [2.75, 3.05) is 0 Å². The minimum Gasteiger partial charge on any atom is -0.339 e. The summed E-state index contributed by atoms with van der Waals surface area (Å²) < 4.78 is 5.54. The van der Waals surface area contributed by atoms with Crippen molar-refractivity contribution < 1.29 is 4.52 Å². The van der Waals surface area contributed by atoms with Gasteiger partial charge in [0.1, 0.15) is 0 Å². The molecule has 3 aliphatic rings. The number of hydrogen-bond acceptors (Lipinski definition) is 4. The van der Waals surface area contributed by atoms with Gasteiger partial charge in [0.15, 0.2) is 5.82 Å². The van der Waals surface area contributed by atoms with Crippen molar-refractivity contribution in [2.24, 2.45) is 23.5 Å². The van der Waals surface area contributed by atoms with Crippen LogP contribution < -0.4 is 5.73 Å². The summed E-state index contributed by atoms with van der Waals surface area (Å²) in [5.41, 5.74) is 6.19. The van der Waals surface area contributed by atoms with E-state index in [-0.39, 0.29) is 5.54 Å². The van der Waals surface area contributed by atoms with Gasteiger partial charge in [-0.1, -0.05) is 31.3 Å². The van der Waals surface area contributed by atoms with E-state index in [1.165, 1.54) is 32.1 Å². The van der Waals surface area contributed by atoms with Gasteiger partial charge >= 0.3 is 0 Å². The maximum absolute atomic E-state index is 6.54. The second-order valence-corrected chi connectivity index (χ2v) is 7.10. The van der Waals surface area contributed by atoms with Gasteiger partial charge < -0.3 is 10.3 Å². The van der Waals surface area contributed by atoms with Crippen molar-refractivity contribution in [3.05, 3.63) is 11.7 Å². The van der Waals surface area contributed by atoms with Crippen LogP contribution in [-0.2, 0) is 5.54 Å². The molecule has 0 spiro atoms. The van der Waals surface area contributed by atoms with E-state index in [0.29, 0.717) is 11.8 Å². The second-order valence-electron chi connectivity index (χ2n) is 7.10. The molecule has 19 heavy (non-hydrogen) atoms. The molecule has 0 saturated heterocycles. The Morgan fingerprint density at radius 3 is 2.74 bits per heavy atom. The predicted octanol–water partition coefficient (Wildman–Crippen LogP) is 2.95. The highest BCUT2D eigenvalue weighted by atomic mass is 16.5. The first kappa shape index (κ1) is 11.9. The lowest BCUT2D eigenvalue weighted by atomic mass is 9.76. The highest BCUT2D eigenvalue weighted by Crippen LogP contribution is 2.62. The van der Waals surface area contributed by atoms with Crippen LogP contribution in [0.5, 0.6) is 0 Å². The van der Waals surface area contributed by atoms with Crippen LogP contribution in [0, 0.1) is 17.8 Å². The summed E-state index contributed by atoms with van der Waals surface area (Å²) >= 11 is 0. The summed E-state index contributed by atoms with van der Waals surface area (Å²) in [7, 11) is 0. The van der Waals surface area contributed by atoms with Gasteiger partial charge in [-0.25, -0.2) is 0 Å². The largest absolute Gasteiger partial charge is 0.339 e. The Morgan fingerprint density at radius 2 is 2.00 bits per heavy atom. The van der Waals surface area contributed by atoms with Crippen LogP contribution in [0.15, 0.2) is 4.52 Å². The Balaban J connectivity index is 1.54. The lowest BCUT2D eigenvalue weighted by Crippen LogP contribution is -2.42. The van der Waals surface area contributed by atoms with Gasteiger partial charge in [-0.05, 0) is 43.4 Å². The molecule has 104 valence electrons. The minimum atomic E-state index is -0.344. The van der Waals surface area contributed by atoms with Crippen LogP contribution in [0.2, 0.25) is 0 Å². The van der Waals surface area contributed by atoms with E-state index in [2.05, 4.69) is 17.1 Å². The second kappa shape index (κ2) is 4.05. The standard InChI is InChI=1S/C15H23N3O/c1-9-4-3-7-15(16,8-9)14-17-13(19-18-14)12-10-5-2-6-11(10)12/h9-12H,2-8,16H2,1H3. The van der Waals surface area contributed by atoms with Gasteiger partial charge in [0.2, 0.25) is 5.89 Å². The lowest BCUT2D eigenvalue weighted by molar-refractivity contribution is 0.221. The molecule has 2 N–H and O–H groups in total. The van der Waals surface area contributed by atoms with Gasteiger partial charge in [-0.3, -0.25) is 0 Å². The molecule has 3 saturated carbocycles. The van der Waals surface area contributed by atoms with Crippen LogP contribution in [0.3, 0.4) is 0 Å². The summed E-state index contributed by atoms with van der Waals surface area (Å²) in [6.45, 7) is 2.27. The van der Waals surface area contributed by atoms with Crippen molar-refractivity contribution in [2.45, 2.75) is 63.3 Å². The monoisotopic (exact) mass is 261 g/mol. The van der Waals surface area contributed by atoms with Crippen molar-refractivity contribution >= 4 is 0 Å². The van der Waals surface area contributed by atoms with Crippen molar-refractivity contribution in [3.63, 3.8) is 0 Å². The topological polar surface area (TPSA) is 64.9 Å². The van der Waals surface area contributed by atoms with E-state index >= 15 is 0 Å². The molecule has 4 heteroatoms. The van der Waals surface area contributed by atoms with Gasteiger partial charge in [0.25, 0.3) is 0 Å². The number of aromatic nitrogens is 2. The maximum atomic E-state index is 6.54. The molecule has 4 atom stereocenters. The lowest BCUT2D eigenvalue weighted by Gasteiger charge is -2.33. The summed E-state index contributed by atoms with van der Waals surface area (Å²) in [5, 5.41) is 4.22. The van der Waals surface area contributed by atoms with Crippen molar-refractivity contribution in [1.29, 1.82) is 0 Å². The zero-order valence-electron chi connectivity index (χ0n) is 11.6. The zero-order chi connectivity index (χ0) is 13.0. The van der Waals surface area contributed by atoms with Crippen LogP contribution in [-0.4, -0.2) is 10.1 Å². The fourth-order valence-electron chi connectivity index (χ4n) is 4.56. The number of nitrogens with zero attached hydrogens (tertiary/aromatic N) is 2. The molecule has 3 aliphatic carbocycles. The first-order valence-corrected chi connectivity index (χ1v) is 7.80. The molecule has 0 aromatic carbocycles. The smallest absolute Gasteiger partial charge is 0.230 e. The summed E-state index contributed by atoms with van der Waals surface area (Å²) in [6, 6.07) is 0. The molecule has 1 heterocycles. The van der Waals surface area contributed by atoms with Crippen LogP contribution >= 0.6 is 0 Å². The zero-order valence-corrected chi connectivity index (χ0v) is 11.6. The van der Waals surface area contributed by atoms with Crippen molar-refractivity contribution in [1.82, 2.24) is 10.1 Å². The van der Waals surface area contributed by atoms with Crippen LogP contribution in [0.4, 0.5) is 0 Å². The van der Waals surface area contributed by atoms with Gasteiger partial charge in [0, 0.05) is 5.92 Å². The first-order chi connectivity index (χ1) is 9.17. The van der Waals surface area contributed by atoms with E-state index in [4.69, 9.17) is 10.3 Å². The Hall–Kier alpha value is -0.900. The Kier molecular flexibility index (Phi) is 2.53. The molecule has 0 amide bonds. The fourth-order valence-corrected chi connectivity index (χ4v) is 4.56. The molecule has 4 unspecified atom stereocenters. The molecule has 1 aromatic rings. The molecule has 0 bridgehead atoms. The summed E-state index contributed by atoms with van der Waals surface area (Å²) in [5.74, 6) is 4.51. The van der Waals surface area contributed by atoms with E-state index in [1.807, 2.05) is 0 Å². The maximum Gasteiger partial charge on any atom is 0.230 e. The number of hydrogen-bond donors (Lipinski definition) is 1. The average Bonchev–Trinajstić information content (AvgIpc) is 2.83.